The van der Waals surface area contributed by atoms with Gasteiger partial charge in [-0.05, 0) is 23.8 Å². The Kier molecular flexibility index (Phi) is 5.47. The molecule has 0 saturated carbocycles. The molecule has 1 unspecified atom stereocenters. The molecule has 154 valence electrons. The van der Waals surface area contributed by atoms with Crippen molar-refractivity contribution in [3.05, 3.63) is 65.5 Å². The van der Waals surface area contributed by atoms with Crippen LogP contribution in [-0.4, -0.2) is 53.9 Å². The van der Waals surface area contributed by atoms with Gasteiger partial charge in [-0.25, -0.2) is 4.98 Å². The Morgan fingerprint density at radius 1 is 1.23 bits per heavy atom. The van der Waals surface area contributed by atoms with Crippen LogP contribution in [0.25, 0.3) is 11.1 Å². The van der Waals surface area contributed by atoms with Crippen LogP contribution in [0.2, 0.25) is 0 Å². The number of carbonyl (C=O) groups excluding carboxylic acids is 3. The summed E-state index contributed by atoms with van der Waals surface area (Å²) in [5.41, 5.74) is 2.61. The lowest BCUT2D eigenvalue weighted by Crippen LogP contribution is -2.57. The van der Waals surface area contributed by atoms with E-state index < -0.39 is 12.0 Å². The van der Waals surface area contributed by atoms with E-state index >= 15 is 0 Å². The van der Waals surface area contributed by atoms with E-state index in [4.69, 9.17) is 4.42 Å². The standard InChI is InChI=1S/C22H21N3O5/c1-29-20(26)13-17-21(27)23-9-10-25(17)22(28)15-7-8-18-16(12-15)24-19(30-18)11-14-5-3-2-4-6-14/h2-8,12,17H,9-11,13H2,1H3,(H,23,27). The van der Waals surface area contributed by atoms with Crippen LogP contribution in [-0.2, 0) is 20.7 Å². The molecule has 2 aromatic carbocycles. The van der Waals surface area contributed by atoms with Crippen LogP contribution in [0.15, 0.2) is 52.9 Å². The van der Waals surface area contributed by atoms with Gasteiger partial charge in [-0.15, -0.1) is 0 Å². The number of amides is 2. The minimum absolute atomic E-state index is 0.193. The number of hydrogen-bond donors (Lipinski definition) is 1. The lowest BCUT2D eigenvalue weighted by Gasteiger charge is -2.34. The molecule has 2 heterocycles. The summed E-state index contributed by atoms with van der Waals surface area (Å²) in [6.45, 7) is 0.637. The molecule has 1 fully saturated rings. The number of benzene rings is 2. The molecule has 1 saturated heterocycles. The van der Waals surface area contributed by atoms with Crippen molar-refractivity contribution in [3.63, 3.8) is 0 Å². The van der Waals surface area contributed by atoms with Gasteiger partial charge in [0.2, 0.25) is 5.91 Å². The normalized spacial score (nSPS) is 16.4. The molecule has 0 aliphatic carbocycles. The van der Waals surface area contributed by atoms with Crippen molar-refractivity contribution in [2.45, 2.75) is 18.9 Å². The predicted octanol–water partition coefficient (Wildman–Crippen LogP) is 1.92. The van der Waals surface area contributed by atoms with Gasteiger partial charge >= 0.3 is 5.97 Å². The zero-order valence-electron chi connectivity index (χ0n) is 16.5. The van der Waals surface area contributed by atoms with Gasteiger partial charge < -0.3 is 19.4 Å². The van der Waals surface area contributed by atoms with E-state index in [2.05, 4.69) is 15.0 Å². The number of nitrogens with zero attached hydrogens (tertiary/aromatic N) is 2. The highest BCUT2D eigenvalue weighted by Gasteiger charge is 2.35. The fourth-order valence-electron chi connectivity index (χ4n) is 3.52. The van der Waals surface area contributed by atoms with Crippen molar-refractivity contribution in [2.24, 2.45) is 0 Å². The molecule has 30 heavy (non-hydrogen) atoms. The van der Waals surface area contributed by atoms with Crippen LogP contribution in [0, 0.1) is 0 Å². The second-order valence-corrected chi connectivity index (χ2v) is 7.04. The summed E-state index contributed by atoms with van der Waals surface area (Å²) in [5, 5.41) is 2.69. The number of esters is 1. The Labute approximate surface area is 172 Å². The number of ether oxygens (including phenoxy) is 1. The van der Waals surface area contributed by atoms with Crippen LogP contribution in [0.3, 0.4) is 0 Å². The average Bonchev–Trinajstić information content (AvgIpc) is 3.16. The Morgan fingerprint density at radius 2 is 2.03 bits per heavy atom. The summed E-state index contributed by atoms with van der Waals surface area (Å²) in [4.78, 5) is 42.9. The number of hydrogen-bond acceptors (Lipinski definition) is 6. The molecule has 0 bridgehead atoms. The number of oxazole rings is 1. The largest absolute Gasteiger partial charge is 0.469 e. The highest BCUT2D eigenvalue weighted by molar-refractivity contribution is 6.01. The Balaban J connectivity index is 1.57. The molecule has 4 rings (SSSR count). The summed E-state index contributed by atoms with van der Waals surface area (Å²) in [6, 6.07) is 13.9. The van der Waals surface area contributed by atoms with Crippen molar-refractivity contribution in [1.29, 1.82) is 0 Å². The van der Waals surface area contributed by atoms with E-state index in [1.54, 1.807) is 18.2 Å². The fourth-order valence-corrected chi connectivity index (χ4v) is 3.52. The van der Waals surface area contributed by atoms with E-state index in [-0.39, 0.29) is 18.2 Å². The molecule has 0 radical (unpaired) electrons. The van der Waals surface area contributed by atoms with E-state index in [0.717, 1.165) is 5.56 Å². The zero-order valence-corrected chi connectivity index (χ0v) is 16.5. The molecule has 1 atom stereocenters. The number of aromatic nitrogens is 1. The summed E-state index contributed by atoms with van der Waals surface area (Å²) >= 11 is 0. The number of carbonyl (C=O) groups is 3. The molecule has 1 aromatic heterocycles. The van der Waals surface area contributed by atoms with Gasteiger partial charge in [-0.3, -0.25) is 14.4 Å². The number of methoxy groups -OCH3 is 1. The summed E-state index contributed by atoms with van der Waals surface area (Å²) in [5.74, 6) is -0.699. The lowest BCUT2D eigenvalue weighted by molar-refractivity contribution is -0.145. The molecular formula is C22H21N3O5. The van der Waals surface area contributed by atoms with Crippen LogP contribution < -0.4 is 5.32 Å². The van der Waals surface area contributed by atoms with Crippen molar-refractivity contribution in [1.82, 2.24) is 15.2 Å². The number of nitrogens with one attached hydrogen (secondary N) is 1. The molecule has 1 N–H and O–H groups in total. The van der Waals surface area contributed by atoms with E-state index in [1.807, 2.05) is 30.3 Å². The smallest absolute Gasteiger partial charge is 0.308 e. The third kappa shape index (κ3) is 4.03. The van der Waals surface area contributed by atoms with Gasteiger partial charge in [-0.1, -0.05) is 30.3 Å². The number of piperazine rings is 1. The van der Waals surface area contributed by atoms with E-state index in [1.165, 1.54) is 12.0 Å². The second kappa shape index (κ2) is 8.36. The van der Waals surface area contributed by atoms with Crippen LogP contribution in [0.4, 0.5) is 0 Å². The van der Waals surface area contributed by atoms with Crippen LogP contribution in [0.5, 0.6) is 0 Å². The quantitative estimate of drug-likeness (QED) is 0.649. The lowest BCUT2D eigenvalue weighted by atomic mass is 10.1. The minimum Gasteiger partial charge on any atom is -0.469 e. The van der Waals surface area contributed by atoms with Gasteiger partial charge in [0.25, 0.3) is 5.91 Å². The molecule has 8 nitrogen and oxygen atoms in total. The van der Waals surface area contributed by atoms with Gasteiger partial charge in [0.05, 0.1) is 13.5 Å². The first-order valence-corrected chi connectivity index (χ1v) is 9.64. The Hall–Kier alpha value is -3.68. The third-order valence-corrected chi connectivity index (χ3v) is 5.06. The molecule has 8 heteroatoms. The maximum atomic E-state index is 13.1. The summed E-state index contributed by atoms with van der Waals surface area (Å²) in [7, 11) is 1.25. The maximum Gasteiger partial charge on any atom is 0.308 e. The third-order valence-electron chi connectivity index (χ3n) is 5.06. The monoisotopic (exact) mass is 407 g/mol. The van der Waals surface area contributed by atoms with Crippen molar-refractivity contribution in [3.8, 4) is 0 Å². The maximum absolute atomic E-state index is 13.1. The minimum atomic E-state index is -0.902. The first-order valence-electron chi connectivity index (χ1n) is 9.64. The SMILES string of the molecule is COC(=O)CC1C(=O)NCCN1C(=O)c1ccc2oc(Cc3ccccc3)nc2c1. The summed E-state index contributed by atoms with van der Waals surface area (Å²) < 4.78 is 10.5. The highest BCUT2D eigenvalue weighted by atomic mass is 16.5. The average molecular weight is 407 g/mol. The molecular weight excluding hydrogens is 386 g/mol. The van der Waals surface area contributed by atoms with Crippen LogP contribution >= 0.6 is 0 Å². The molecule has 1 aliphatic heterocycles. The predicted molar refractivity (Wildman–Crippen MR) is 108 cm³/mol. The first kappa shape index (κ1) is 19.6. The fraction of sp³-hybridized carbons (Fsp3) is 0.273. The second-order valence-electron chi connectivity index (χ2n) is 7.04. The molecule has 0 spiro atoms. The van der Waals surface area contributed by atoms with Crippen LogP contribution in [0.1, 0.15) is 28.2 Å². The highest BCUT2D eigenvalue weighted by Crippen LogP contribution is 2.22. The zero-order chi connectivity index (χ0) is 21.1. The first-order chi connectivity index (χ1) is 14.5. The molecule has 2 amide bonds. The van der Waals surface area contributed by atoms with Gasteiger partial charge in [0.15, 0.2) is 11.5 Å². The number of fused-ring (bicyclic) bond motifs is 1. The molecule has 1 aliphatic rings. The van der Waals surface area contributed by atoms with Gasteiger partial charge in [0.1, 0.15) is 11.6 Å². The Morgan fingerprint density at radius 3 is 2.80 bits per heavy atom. The van der Waals surface area contributed by atoms with Crippen molar-refractivity contribution in [2.75, 3.05) is 20.2 Å². The molecule has 3 aromatic rings. The van der Waals surface area contributed by atoms with E-state index in [0.29, 0.717) is 42.1 Å². The Bertz CT molecular complexity index is 1090. The summed E-state index contributed by atoms with van der Waals surface area (Å²) in [6.07, 6.45) is 0.355. The van der Waals surface area contributed by atoms with Gasteiger partial charge in [0, 0.05) is 25.1 Å². The number of rotatable bonds is 5. The topological polar surface area (TPSA) is 102 Å². The van der Waals surface area contributed by atoms with Gasteiger partial charge in [-0.2, -0.15) is 0 Å². The van der Waals surface area contributed by atoms with Crippen molar-refractivity contribution >= 4 is 28.9 Å². The van der Waals surface area contributed by atoms with Crippen molar-refractivity contribution < 1.29 is 23.5 Å². The van der Waals surface area contributed by atoms with E-state index in [9.17, 15) is 14.4 Å².